The molecule has 0 bridgehead atoms. The molecule has 2 aromatic carbocycles. The van der Waals surface area contributed by atoms with E-state index in [9.17, 15) is 18.3 Å². The molecule has 0 radical (unpaired) electrons. The highest BCUT2D eigenvalue weighted by molar-refractivity contribution is 7.92. The number of aromatic nitrogens is 2. The fourth-order valence-corrected chi connectivity index (χ4v) is 6.48. The largest absolute Gasteiger partial charge is 0.489 e. The first-order chi connectivity index (χ1) is 21.8. The number of amides is 1. The van der Waals surface area contributed by atoms with Crippen molar-refractivity contribution in [1.82, 2.24) is 20.6 Å². The number of nitrogens with zero attached hydrogens (tertiary/aromatic N) is 2. The molecule has 1 aliphatic rings. The summed E-state index contributed by atoms with van der Waals surface area (Å²) < 4.78 is 32.2. The maximum absolute atomic E-state index is 13.2. The molecule has 0 aliphatic heterocycles. The van der Waals surface area contributed by atoms with Crippen molar-refractivity contribution < 1.29 is 23.1 Å². The quantitative estimate of drug-likeness (QED) is 0.150. The minimum absolute atomic E-state index is 0.00593. The molecule has 2 atom stereocenters. The Morgan fingerprint density at radius 3 is 2.48 bits per heavy atom. The van der Waals surface area contributed by atoms with E-state index in [-0.39, 0.29) is 52.4 Å². The summed E-state index contributed by atoms with van der Waals surface area (Å²) in [4.78, 5) is 22.2. The molecule has 1 aliphatic carbocycles. The van der Waals surface area contributed by atoms with Gasteiger partial charge < -0.3 is 31.1 Å². The van der Waals surface area contributed by atoms with Crippen LogP contribution in [0.15, 0.2) is 53.6 Å². The maximum Gasteiger partial charge on any atom is 0.251 e. The van der Waals surface area contributed by atoms with E-state index in [0.29, 0.717) is 22.7 Å². The predicted molar refractivity (Wildman–Crippen MR) is 183 cm³/mol. The van der Waals surface area contributed by atoms with Crippen LogP contribution in [0.4, 0.5) is 23.1 Å². The third-order valence-corrected chi connectivity index (χ3v) is 10.0. The van der Waals surface area contributed by atoms with Crippen LogP contribution in [-0.2, 0) is 9.84 Å². The molecule has 0 saturated carbocycles. The van der Waals surface area contributed by atoms with E-state index in [4.69, 9.17) is 16.3 Å². The molecule has 1 amide bonds. The molecule has 4 rings (SSSR count). The zero-order chi connectivity index (χ0) is 33.6. The number of nitrogens with one attached hydrogen (secondary N) is 4. The van der Waals surface area contributed by atoms with E-state index < -0.39 is 15.1 Å². The molecule has 0 spiro atoms. The van der Waals surface area contributed by atoms with E-state index in [2.05, 4.69) is 37.3 Å². The average molecular weight is 671 g/mol. The van der Waals surface area contributed by atoms with Gasteiger partial charge in [-0.25, -0.2) is 13.4 Å². The Morgan fingerprint density at radius 2 is 1.85 bits per heavy atom. The summed E-state index contributed by atoms with van der Waals surface area (Å²) in [6.45, 7) is 9.10. The topological polar surface area (TPSA) is 155 Å². The molecule has 11 nitrogen and oxygen atoms in total. The normalized spacial score (nSPS) is 15.8. The Balaban J connectivity index is 1.71. The van der Waals surface area contributed by atoms with Crippen LogP contribution in [0.3, 0.4) is 0 Å². The fraction of sp³-hybridized carbons (Fsp3) is 0.424. The second-order valence-corrected chi connectivity index (χ2v) is 14.7. The molecule has 3 aromatic rings. The molecule has 0 fully saturated rings. The molecule has 1 heterocycles. The van der Waals surface area contributed by atoms with Gasteiger partial charge in [-0.15, -0.1) is 0 Å². The van der Waals surface area contributed by atoms with Gasteiger partial charge in [0, 0.05) is 24.7 Å². The van der Waals surface area contributed by atoms with Gasteiger partial charge in [-0.2, -0.15) is 4.98 Å². The van der Waals surface area contributed by atoms with Crippen LogP contribution < -0.4 is 26.0 Å². The van der Waals surface area contributed by atoms with Gasteiger partial charge in [-0.05, 0) is 89.3 Å². The number of halogens is 1. The molecule has 248 valence electrons. The molecular formula is C33H43ClN6O5S. The number of ether oxygens (including phenoxy) is 1. The Hall–Kier alpha value is -3.71. The van der Waals surface area contributed by atoms with Gasteiger partial charge in [0.1, 0.15) is 10.8 Å². The number of anilines is 4. The van der Waals surface area contributed by atoms with Crippen LogP contribution in [0.25, 0.3) is 5.57 Å². The Bertz CT molecular complexity index is 1700. The van der Waals surface area contributed by atoms with Gasteiger partial charge in [0.25, 0.3) is 5.91 Å². The lowest BCUT2D eigenvalue weighted by Crippen LogP contribution is -2.39. The highest BCUT2D eigenvalue weighted by Crippen LogP contribution is 2.38. The number of hydrogen-bond acceptors (Lipinski definition) is 10. The van der Waals surface area contributed by atoms with Crippen LogP contribution in [-0.4, -0.2) is 66.5 Å². The van der Waals surface area contributed by atoms with Gasteiger partial charge in [0.15, 0.2) is 15.7 Å². The minimum Gasteiger partial charge on any atom is -0.489 e. The summed E-state index contributed by atoms with van der Waals surface area (Å²) in [5, 5.41) is 21.4. The fourth-order valence-electron chi connectivity index (χ4n) is 5.14. The van der Waals surface area contributed by atoms with Crippen LogP contribution in [0, 0.1) is 0 Å². The number of para-hydroxylation sites is 1. The van der Waals surface area contributed by atoms with E-state index in [0.717, 1.165) is 30.4 Å². The van der Waals surface area contributed by atoms with Crippen molar-refractivity contribution >= 4 is 56.1 Å². The highest BCUT2D eigenvalue weighted by atomic mass is 35.5. The van der Waals surface area contributed by atoms with E-state index >= 15 is 0 Å². The highest BCUT2D eigenvalue weighted by Gasteiger charge is 2.25. The number of carbonyl (C=O) groups excluding carboxylic acids is 1. The second kappa shape index (κ2) is 15.3. The number of carbonyl (C=O) groups is 1. The van der Waals surface area contributed by atoms with Crippen LogP contribution in [0.1, 0.15) is 69.8 Å². The van der Waals surface area contributed by atoms with E-state index in [1.807, 2.05) is 26.8 Å². The van der Waals surface area contributed by atoms with Crippen LogP contribution >= 0.6 is 11.6 Å². The number of sulfone groups is 1. The molecule has 13 heteroatoms. The van der Waals surface area contributed by atoms with Crippen molar-refractivity contribution in [1.29, 1.82) is 0 Å². The Labute approximate surface area is 276 Å². The molecular weight excluding hydrogens is 628 g/mol. The first kappa shape index (κ1) is 35.1. The lowest BCUT2D eigenvalue weighted by molar-refractivity contribution is 0.0962. The number of hydrogen-bond donors (Lipinski definition) is 5. The van der Waals surface area contributed by atoms with Crippen molar-refractivity contribution in [2.24, 2.45) is 0 Å². The third-order valence-electron chi connectivity index (χ3n) is 7.56. The number of benzene rings is 2. The van der Waals surface area contributed by atoms with Gasteiger partial charge in [-0.3, -0.25) is 4.79 Å². The van der Waals surface area contributed by atoms with E-state index in [1.165, 1.54) is 12.3 Å². The van der Waals surface area contributed by atoms with Crippen molar-refractivity contribution in [3.8, 4) is 5.75 Å². The summed E-state index contributed by atoms with van der Waals surface area (Å²) in [6.07, 6.45) is 5.75. The summed E-state index contributed by atoms with van der Waals surface area (Å²) in [7, 11) is -2.01. The van der Waals surface area contributed by atoms with Gasteiger partial charge in [0.05, 0.1) is 40.4 Å². The molecule has 2 unspecified atom stereocenters. The lowest BCUT2D eigenvalue weighted by atomic mass is 9.87. The van der Waals surface area contributed by atoms with Gasteiger partial charge in [-0.1, -0.05) is 29.8 Å². The molecule has 5 N–H and O–H groups in total. The lowest BCUT2D eigenvalue weighted by Gasteiger charge is -2.27. The Kier molecular flexibility index (Phi) is 11.7. The van der Waals surface area contributed by atoms with E-state index in [1.54, 1.807) is 45.2 Å². The summed E-state index contributed by atoms with van der Waals surface area (Å²) in [6, 6.07) is 10.4. The zero-order valence-electron chi connectivity index (χ0n) is 27.0. The van der Waals surface area contributed by atoms with Crippen LogP contribution in [0.5, 0.6) is 5.75 Å². The summed E-state index contributed by atoms with van der Waals surface area (Å²) in [5.74, 6) is 0.607. The minimum atomic E-state index is -3.59. The molecule has 0 saturated heterocycles. The predicted octanol–water partition coefficient (Wildman–Crippen LogP) is 5.85. The number of aliphatic hydroxyl groups is 1. The van der Waals surface area contributed by atoms with Crippen LogP contribution in [0.2, 0.25) is 5.02 Å². The van der Waals surface area contributed by atoms with Crippen molar-refractivity contribution in [2.45, 2.75) is 82.2 Å². The first-order valence-corrected chi connectivity index (χ1v) is 17.3. The Morgan fingerprint density at radius 1 is 1.11 bits per heavy atom. The van der Waals surface area contributed by atoms with Crippen molar-refractivity contribution in [3.63, 3.8) is 0 Å². The third kappa shape index (κ3) is 8.35. The number of aliphatic hydroxyl groups excluding tert-OH is 1. The summed E-state index contributed by atoms with van der Waals surface area (Å²) in [5.41, 5.74) is 3.08. The number of rotatable bonds is 13. The summed E-state index contributed by atoms with van der Waals surface area (Å²) >= 11 is 6.45. The van der Waals surface area contributed by atoms with Crippen molar-refractivity contribution in [3.05, 3.63) is 64.8 Å². The zero-order valence-corrected chi connectivity index (χ0v) is 28.6. The SMILES string of the molecule is CNC(=O)c1cc(Nc2ncc(Cl)c(Nc3ccccc3S(=O)(=O)C(C)C)n2)c(OC(C)C)cc1C1=CCC(NC(C)CO)CC1. The van der Waals surface area contributed by atoms with Crippen molar-refractivity contribution in [2.75, 3.05) is 24.3 Å². The molecule has 46 heavy (non-hydrogen) atoms. The monoisotopic (exact) mass is 670 g/mol. The van der Waals surface area contributed by atoms with Gasteiger partial charge in [0.2, 0.25) is 5.95 Å². The smallest absolute Gasteiger partial charge is 0.251 e. The molecule has 1 aromatic heterocycles. The van der Waals surface area contributed by atoms with Gasteiger partial charge >= 0.3 is 0 Å². The standard InChI is InChI=1S/C33H43ClN6O5S/c1-19(2)45-29-16-24(22-11-13-23(14-12-22)37-21(5)18-41)25(32(42)35-6)15-28(29)39-33-36-17-26(34)31(40-33)38-27-9-7-8-10-30(27)46(43,44)20(3)4/h7-11,15-17,19-21,23,37,41H,12-14,18H2,1-6H3,(H,35,42)(H2,36,38,39,40). The first-order valence-electron chi connectivity index (χ1n) is 15.4. The average Bonchev–Trinajstić information content (AvgIpc) is 3.03. The second-order valence-electron chi connectivity index (χ2n) is 11.8. The number of allylic oxidation sites excluding steroid dienone is 1. The maximum atomic E-state index is 13.2.